The number of hydrogen-bond donors (Lipinski definition) is 2. The molecule has 2 N–H and O–H groups in total. The highest BCUT2D eigenvalue weighted by molar-refractivity contribution is 5.91. The Balaban J connectivity index is 1.39. The molecule has 9 nitrogen and oxygen atoms in total. The van der Waals surface area contributed by atoms with Crippen molar-refractivity contribution in [3.05, 3.63) is 83.7 Å². The lowest BCUT2D eigenvalue weighted by atomic mass is 9.94. The van der Waals surface area contributed by atoms with Crippen LogP contribution in [0.3, 0.4) is 0 Å². The zero-order valence-corrected chi connectivity index (χ0v) is 23.6. The minimum Gasteiger partial charge on any atom is -0.377 e. The molecule has 1 fully saturated rings. The summed E-state index contributed by atoms with van der Waals surface area (Å²) in [5, 5.41) is 15.2. The van der Waals surface area contributed by atoms with Crippen molar-refractivity contribution in [2.75, 3.05) is 31.6 Å². The lowest BCUT2D eigenvalue weighted by Crippen LogP contribution is -2.42. The maximum absolute atomic E-state index is 14.2. The maximum atomic E-state index is 14.2. The van der Waals surface area contributed by atoms with Gasteiger partial charge in [0.25, 0.3) is 0 Å². The van der Waals surface area contributed by atoms with Crippen LogP contribution in [0.2, 0.25) is 0 Å². The van der Waals surface area contributed by atoms with E-state index in [1.54, 1.807) is 21.6 Å². The van der Waals surface area contributed by atoms with Crippen molar-refractivity contribution in [2.45, 2.75) is 38.8 Å². The third-order valence-electron chi connectivity index (χ3n) is 7.28. The van der Waals surface area contributed by atoms with Gasteiger partial charge in [-0.25, -0.2) is 18.3 Å². The van der Waals surface area contributed by atoms with Crippen molar-refractivity contribution in [3.63, 3.8) is 0 Å². The van der Waals surface area contributed by atoms with Crippen molar-refractivity contribution < 1.29 is 18.3 Å². The van der Waals surface area contributed by atoms with Crippen LogP contribution in [0.15, 0.2) is 60.9 Å². The number of benzene rings is 2. The first-order valence-corrected chi connectivity index (χ1v) is 13.7. The number of carbonyl (C=O) groups excluding carboxylic acids is 1. The van der Waals surface area contributed by atoms with E-state index in [4.69, 9.17) is 9.84 Å². The van der Waals surface area contributed by atoms with E-state index in [-0.39, 0.29) is 18.1 Å². The molecule has 4 aromatic rings. The summed E-state index contributed by atoms with van der Waals surface area (Å²) in [5.74, 6) is -1.51. The minimum absolute atomic E-state index is 0.105. The molecule has 0 spiro atoms. The van der Waals surface area contributed by atoms with Gasteiger partial charge in [0.05, 0.1) is 30.6 Å². The molecule has 2 amide bonds. The van der Waals surface area contributed by atoms with Gasteiger partial charge in [-0.15, -0.1) is 0 Å². The maximum Gasteiger partial charge on any atom is 0.320 e. The number of amides is 2. The summed E-state index contributed by atoms with van der Waals surface area (Å²) in [6.45, 7) is 8.16. The van der Waals surface area contributed by atoms with E-state index in [0.29, 0.717) is 43.3 Å². The van der Waals surface area contributed by atoms with Gasteiger partial charge in [-0.2, -0.15) is 10.2 Å². The van der Waals surface area contributed by atoms with Gasteiger partial charge < -0.3 is 10.1 Å². The molecular weight excluding hydrogens is 528 g/mol. The van der Waals surface area contributed by atoms with Crippen LogP contribution in [0.5, 0.6) is 0 Å². The summed E-state index contributed by atoms with van der Waals surface area (Å²) in [5.41, 5.74) is 3.74. The zero-order chi connectivity index (χ0) is 29.1. The number of urea groups is 1. The second-order valence-corrected chi connectivity index (χ2v) is 10.6. The molecule has 2 aromatic carbocycles. The van der Waals surface area contributed by atoms with E-state index >= 15 is 0 Å². The van der Waals surface area contributed by atoms with Crippen molar-refractivity contribution in [3.8, 4) is 16.9 Å². The highest BCUT2D eigenvalue weighted by Crippen LogP contribution is 2.31. The van der Waals surface area contributed by atoms with Crippen LogP contribution >= 0.6 is 0 Å². The number of aryl methyl sites for hydroxylation is 1. The highest BCUT2D eigenvalue weighted by atomic mass is 19.2. The summed E-state index contributed by atoms with van der Waals surface area (Å²) < 4.78 is 37.0. The van der Waals surface area contributed by atoms with Crippen LogP contribution in [-0.2, 0) is 11.8 Å². The van der Waals surface area contributed by atoms with E-state index in [1.807, 2.05) is 64.3 Å². The molecule has 1 aliphatic rings. The molecule has 0 bridgehead atoms. The molecule has 2 atom stereocenters. The van der Waals surface area contributed by atoms with E-state index in [9.17, 15) is 13.6 Å². The first-order valence-electron chi connectivity index (χ1n) is 13.7. The van der Waals surface area contributed by atoms with Crippen LogP contribution in [0.25, 0.3) is 16.9 Å². The summed E-state index contributed by atoms with van der Waals surface area (Å²) in [6.07, 6.45) is 3.71. The number of para-hydroxylation sites is 1. The van der Waals surface area contributed by atoms with Crippen molar-refractivity contribution in [2.24, 2.45) is 7.05 Å². The first-order chi connectivity index (χ1) is 19.7. The summed E-state index contributed by atoms with van der Waals surface area (Å²) in [7, 11) is 1.84. The number of ether oxygens (including phenoxy) is 1. The van der Waals surface area contributed by atoms with Crippen LogP contribution in [0.4, 0.5) is 19.4 Å². The number of carbonyl (C=O) groups is 1. The number of anilines is 1. The number of hydrogen-bond acceptors (Lipinski definition) is 5. The van der Waals surface area contributed by atoms with Gasteiger partial charge in [0.1, 0.15) is 11.5 Å². The van der Waals surface area contributed by atoms with E-state index in [2.05, 4.69) is 20.6 Å². The van der Waals surface area contributed by atoms with E-state index in [0.717, 1.165) is 22.9 Å². The molecular formula is C30H35F2N7O2. The average molecular weight is 564 g/mol. The number of halogens is 2. The average Bonchev–Trinajstić information content (AvgIpc) is 3.63. The van der Waals surface area contributed by atoms with Crippen LogP contribution in [-0.4, -0.2) is 68.9 Å². The Morgan fingerprint density at radius 1 is 1.12 bits per heavy atom. The Labute approximate surface area is 238 Å². The van der Waals surface area contributed by atoms with Crippen LogP contribution in [0.1, 0.15) is 30.9 Å². The summed E-state index contributed by atoms with van der Waals surface area (Å²) in [6, 6.07) is 12.7. The highest BCUT2D eigenvalue weighted by Gasteiger charge is 2.35. The topological polar surface area (TPSA) is 89.2 Å². The van der Waals surface area contributed by atoms with E-state index in [1.165, 1.54) is 6.07 Å². The number of nitrogens with zero attached hydrogens (tertiary/aromatic N) is 5. The number of aromatic nitrogens is 4. The van der Waals surface area contributed by atoms with Gasteiger partial charge in [0.15, 0.2) is 11.6 Å². The molecule has 0 aliphatic carbocycles. The van der Waals surface area contributed by atoms with Gasteiger partial charge >= 0.3 is 6.03 Å². The number of nitrogens with one attached hydrogen (secondary N) is 2. The predicted octanol–water partition coefficient (Wildman–Crippen LogP) is 4.87. The SMILES string of the molecule is Cc1c(-c2cnn(C)c2)nn(-c2ccccc2)c1NC(=O)N[C@@H]1CN(CCOC(C)C)C[C@H]1c1ccc(F)c(F)c1. The Morgan fingerprint density at radius 2 is 1.90 bits per heavy atom. The van der Waals surface area contributed by atoms with Gasteiger partial charge in [-0.05, 0) is 50.6 Å². The van der Waals surface area contributed by atoms with Gasteiger partial charge in [0.2, 0.25) is 0 Å². The predicted molar refractivity (Wildman–Crippen MR) is 153 cm³/mol. The molecule has 1 saturated heterocycles. The standard InChI is InChI=1S/C30H35F2N7O2/c1-19(2)41-13-12-38-17-24(21-10-11-25(31)26(32)14-21)27(18-38)34-30(40)35-29-20(3)28(22-15-33-37(4)16-22)36-39(29)23-8-6-5-7-9-23/h5-11,14-16,19,24,27H,12-13,17-18H2,1-4H3,(H2,34,35,40)/t24-,27+/m0/s1. The van der Waals surface area contributed by atoms with Crippen LogP contribution in [0, 0.1) is 18.6 Å². The lowest BCUT2D eigenvalue weighted by Gasteiger charge is -2.21. The fourth-order valence-electron chi connectivity index (χ4n) is 5.24. The van der Waals surface area contributed by atoms with Gasteiger partial charge in [-0.3, -0.25) is 14.9 Å². The Kier molecular flexibility index (Phi) is 8.46. The summed E-state index contributed by atoms with van der Waals surface area (Å²) in [4.78, 5) is 15.7. The number of rotatable bonds is 9. The van der Waals surface area contributed by atoms with Crippen molar-refractivity contribution >= 4 is 11.8 Å². The van der Waals surface area contributed by atoms with Gasteiger partial charge in [0, 0.05) is 49.9 Å². The minimum atomic E-state index is -0.905. The Morgan fingerprint density at radius 3 is 2.59 bits per heavy atom. The van der Waals surface area contributed by atoms with Crippen molar-refractivity contribution in [1.29, 1.82) is 0 Å². The molecule has 11 heteroatoms. The largest absolute Gasteiger partial charge is 0.377 e. The molecule has 216 valence electrons. The third kappa shape index (κ3) is 6.47. The Hall–Kier alpha value is -4.09. The molecule has 0 unspecified atom stereocenters. The fourth-order valence-corrected chi connectivity index (χ4v) is 5.24. The van der Waals surface area contributed by atoms with Gasteiger partial charge in [-0.1, -0.05) is 24.3 Å². The molecule has 1 aliphatic heterocycles. The number of likely N-dealkylation sites (tertiary alicyclic amines) is 1. The second-order valence-electron chi connectivity index (χ2n) is 10.6. The molecule has 3 heterocycles. The molecule has 0 saturated carbocycles. The fraction of sp³-hybridized carbons (Fsp3) is 0.367. The first kappa shape index (κ1) is 28.4. The molecule has 41 heavy (non-hydrogen) atoms. The molecule has 0 radical (unpaired) electrons. The van der Waals surface area contributed by atoms with Crippen molar-refractivity contribution in [1.82, 2.24) is 29.8 Å². The van der Waals surface area contributed by atoms with Crippen LogP contribution < -0.4 is 10.6 Å². The molecule has 2 aromatic heterocycles. The molecule has 5 rings (SSSR count). The monoisotopic (exact) mass is 563 g/mol. The zero-order valence-electron chi connectivity index (χ0n) is 23.6. The Bertz CT molecular complexity index is 1500. The normalized spacial score (nSPS) is 17.3. The third-order valence-corrected chi connectivity index (χ3v) is 7.28. The smallest absolute Gasteiger partial charge is 0.320 e. The second kappa shape index (κ2) is 12.2. The lowest BCUT2D eigenvalue weighted by molar-refractivity contribution is 0.0630. The summed E-state index contributed by atoms with van der Waals surface area (Å²) >= 11 is 0. The van der Waals surface area contributed by atoms with E-state index < -0.39 is 17.7 Å². The quantitative estimate of drug-likeness (QED) is 0.303.